The molecule has 0 aliphatic carbocycles. The molecule has 0 rings (SSSR count). The molecule has 0 spiro atoms. The molecule has 0 aromatic rings. The molecule has 0 aromatic carbocycles. The van der Waals surface area contributed by atoms with E-state index in [9.17, 15) is 0 Å². The van der Waals surface area contributed by atoms with E-state index in [0.29, 0.717) is 13.2 Å². The van der Waals surface area contributed by atoms with E-state index in [4.69, 9.17) is 9.68 Å². The van der Waals surface area contributed by atoms with Gasteiger partial charge in [-0.2, -0.15) is 0 Å². The Labute approximate surface area is 268 Å². The standard InChI is InChI=1S/C34H70N3O2.HI/c1-5-7-9-11-13-15-17-19-21-23-25-27-29-35-38-33-31-37(3,4)32-34-39-36-30-28-26-24-22-20-18-16-14-12-10-8-6-2;/h29-30H,5-28,31-34H2,1-4H3;1H/q+1;/p-1/b35-29+,36-30+;. The molecule has 0 unspecified atom stereocenters. The van der Waals surface area contributed by atoms with Gasteiger partial charge in [0.25, 0.3) is 0 Å². The van der Waals surface area contributed by atoms with Crippen LogP contribution in [0.25, 0.3) is 0 Å². The number of quaternary nitrogens is 1. The molecule has 240 valence electrons. The molecule has 0 heterocycles. The monoisotopic (exact) mass is 679 g/mol. The highest BCUT2D eigenvalue weighted by atomic mass is 127. The lowest BCUT2D eigenvalue weighted by molar-refractivity contribution is -0.891. The van der Waals surface area contributed by atoms with Gasteiger partial charge in [0.2, 0.25) is 0 Å². The fourth-order valence-electron chi connectivity index (χ4n) is 4.80. The topological polar surface area (TPSA) is 43.2 Å². The van der Waals surface area contributed by atoms with E-state index in [1.165, 1.54) is 141 Å². The van der Waals surface area contributed by atoms with Gasteiger partial charge in [-0.05, 0) is 25.7 Å². The second-order valence-electron chi connectivity index (χ2n) is 12.3. The normalized spacial score (nSPS) is 11.9. The zero-order valence-corrected chi connectivity index (χ0v) is 29.6. The van der Waals surface area contributed by atoms with E-state index >= 15 is 0 Å². The van der Waals surface area contributed by atoms with E-state index in [0.717, 1.165) is 30.4 Å². The van der Waals surface area contributed by atoms with Gasteiger partial charge in [0, 0.05) is 12.4 Å². The third kappa shape index (κ3) is 35.7. The third-order valence-corrected chi connectivity index (χ3v) is 7.75. The molecule has 0 radical (unpaired) electrons. The molecular formula is C34H70IN3O2. The smallest absolute Gasteiger partial charge is 0.165 e. The van der Waals surface area contributed by atoms with E-state index in [1.54, 1.807) is 0 Å². The molecule has 6 heteroatoms. The summed E-state index contributed by atoms with van der Waals surface area (Å²) in [6.07, 6.45) is 36.3. The third-order valence-electron chi connectivity index (χ3n) is 7.75. The Balaban J connectivity index is 0. The van der Waals surface area contributed by atoms with Crippen LogP contribution in [0.1, 0.15) is 168 Å². The molecule has 0 atom stereocenters. The highest BCUT2D eigenvalue weighted by Crippen LogP contribution is 2.13. The molecule has 0 bridgehead atoms. The summed E-state index contributed by atoms with van der Waals surface area (Å²) in [5, 5.41) is 8.29. The van der Waals surface area contributed by atoms with Crippen LogP contribution < -0.4 is 24.0 Å². The molecule has 5 nitrogen and oxygen atoms in total. The van der Waals surface area contributed by atoms with E-state index < -0.39 is 0 Å². The van der Waals surface area contributed by atoms with Crippen LogP contribution in [0, 0.1) is 0 Å². The van der Waals surface area contributed by atoms with Crippen molar-refractivity contribution in [3.63, 3.8) is 0 Å². The molecule has 40 heavy (non-hydrogen) atoms. The van der Waals surface area contributed by atoms with Crippen LogP contribution in [0.3, 0.4) is 0 Å². The molecule has 0 fully saturated rings. The summed E-state index contributed by atoms with van der Waals surface area (Å²) in [4.78, 5) is 11.0. The maximum Gasteiger partial charge on any atom is 0.165 e. The summed E-state index contributed by atoms with van der Waals surface area (Å²) in [5.41, 5.74) is 0. The number of halogens is 1. The number of rotatable bonds is 32. The zero-order chi connectivity index (χ0) is 28.5. The first-order valence-electron chi connectivity index (χ1n) is 17.2. The van der Waals surface area contributed by atoms with Crippen molar-refractivity contribution in [2.75, 3.05) is 40.4 Å². The molecule has 0 aromatic heterocycles. The van der Waals surface area contributed by atoms with Gasteiger partial charge in [-0.15, -0.1) is 0 Å². The lowest BCUT2D eigenvalue weighted by atomic mass is 10.1. The minimum atomic E-state index is 0. The highest BCUT2D eigenvalue weighted by molar-refractivity contribution is 5.56. The summed E-state index contributed by atoms with van der Waals surface area (Å²) in [5.74, 6) is 0. The van der Waals surface area contributed by atoms with Crippen molar-refractivity contribution in [1.29, 1.82) is 0 Å². The lowest BCUT2D eigenvalue weighted by Crippen LogP contribution is -3.00. The van der Waals surface area contributed by atoms with Crippen molar-refractivity contribution >= 4 is 12.4 Å². The van der Waals surface area contributed by atoms with Crippen LogP contribution in [0.15, 0.2) is 10.3 Å². The average molecular weight is 680 g/mol. The van der Waals surface area contributed by atoms with Gasteiger partial charge < -0.3 is 38.1 Å². The second kappa shape index (κ2) is 34.8. The Morgan fingerprint density at radius 3 is 1.02 bits per heavy atom. The van der Waals surface area contributed by atoms with Gasteiger partial charge in [-0.1, -0.05) is 153 Å². The quantitative estimate of drug-likeness (QED) is 0.0244. The van der Waals surface area contributed by atoms with Gasteiger partial charge >= 0.3 is 0 Å². The average Bonchev–Trinajstić information content (AvgIpc) is 2.92. The minimum Gasteiger partial charge on any atom is -1.00 e. The Hall–Kier alpha value is -0.370. The largest absolute Gasteiger partial charge is 1.00 e. The Morgan fingerprint density at radius 1 is 0.450 bits per heavy atom. The van der Waals surface area contributed by atoms with Crippen LogP contribution in [0.4, 0.5) is 0 Å². The number of nitrogens with zero attached hydrogens (tertiary/aromatic N) is 3. The van der Waals surface area contributed by atoms with Crippen molar-refractivity contribution in [2.24, 2.45) is 10.3 Å². The molecule has 0 aliphatic rings. The fourth-order valence-corrected chi connectivity index (χ4v) is 4.80. The number of likely N-dealkylation sites (N-methyl/N-ethyl adjacent to an activating group) is 1. The summed E-state index contributed by atoms with van der Waals surface area (Å²) < 4.78 is 0.849. The maximum atomic E-state index is 5.49. The first kappa shape index (κ1) is 41.8. The van der Waals surface area contributed by atoms with Crippen LogP contribution in [0.2, 0.25) is 0 Å². The number of oxime groups is 2. The molecule has 0 saturated carbocycles. The van der Waals surface area contributed by atoms with Crippen LogP contribution in [0.5, 0.6) is 0 Å². The Morgan fingerprint density at radius 2 is 0.725 bits per heavy atom. The van der Waals surface area contributed by atoms with E-state index in [2.05, 4.69) is 38.3 Å². The minimum absolute atomic E-state index is 0. The first-order valence-corrected chi connectivity index (χ1v) is 17.2. The highest BCUT2D eigenvalue weighted by Gasteiger charge is 2.14. The Bertz CT molecular complexity index is 485. The second-order valence-corrected chi connectivity index (χ2v) is 12.3. The number of hydrogen-bond acceptors (Lipinski definition) is 4. The number of hydrogen-bond donors (Lipinski definition) is 0. The summed E-state index contributed by atoms with van der Waals surface area (Å²) in [6.45, 7) is 7.69. The van der Waals surface area contributed by atoms with Crippen molar-refractivity contribution in [1.82, 2.24) is 0 Å². The Kier molecular flexibility index (Phi) is 36.4. The zero-order valence-electron chi connectivity index (χ0n) is 27.5. The maximum absolute atomic E-state index is 5.49. The van der Waals surface area contributed by atoms with Crippen LogP contribution in [-0.2, 0) is 9.68 Å². The number of unbranched alkanes of at least 4 members (excludes halogenated alkanes) is 22. The molecule has 0 N–H and O–H groups in total. The summed E-state index contributed by atoms with van der Waals surface area (Å²) in [6, 6.07) is 0. The fraction of sp³-hybridized carbons (Fsp3) is 0.941. The first-order chi connectivity index (χ1) is 19.1. The van der Waals surface area contributed by atoms with Gasteiger partial charge in [-0.25, -0.2) is 0 Å². The predicted molar refractivity (Wildman–Crippen MR) is 173 cm³/mol. The SMILES string of the molecule is CCCCCCCCCCCCC/C=N/OCC[N+](C)(C)CCO/N=C/CCCCCCCCCCCCC.[I-]. The van der Waals surface area contributed by atoms with Gasteiger partial charge in [-0.3, -0.25) is 0 Å². The van der Waals surface area contributed by atoms with Crippen molar-refractivity contribution < 1.29 is 38.1 Å². The molecule has 0 aliphatic heterocycles. The molecule has 0 amide bonds. The van der Waals surface area contributed by atoms with E-state index in [-0.39, 0.29) is 24.0 Å². The van der Waals surface area contributed by atoms with Gasteiger partial charge in [0.1, 0.15) is 13.1 Å². The summed E-state index contributed by atoms with van der Waals surface area (Å²) >= 11 is 0. The van der Waals surface area contributed by atoms with Crippen LogP contribution >= 0.6 is 0 Å². The molecule has 0 saturated heterocycles. The van der Waals surface area contributed by atoms with Crippen LogP contribution in [-0.4, -0.2) is 57.3 Å². The van der Waals surface area contributed by atoms with E-state index in [1.807, 2.05) is 12.4 Å². The summed E-state index contributed by atoms with van der Waals surface area (Å²) in [7, 11) is 4.41. The lowest BCUT2D eigenvalue weighted by Gasteiger charge is -2.28. The van der Waals surface area contributed by atoms with Crippen molar-refractivity contribution in [3.8, 4) is 0 Å². The van der Waals surface area contributed by atoms with Crippen molar-refractivity contribution in [2.45, 2.75) is 168 Å². The molecular weight excluding hydrogens is 609 g/mol. The van der Waals surface area contributed by atoms with Crippen molar-refractivity contribution in [3.05, 3.63) is 0 Å². The van der Waals surface area contributed by atoms with Gasteiger partial charge in [0.15, 0.2) is 13.2 Å². The predicted octanol–water partition coefficient (Wildman–Crippen LogP) is 7.47. The van der Waals surface area contributed by atoms with Gasteiger partial charge in [0.05, 0.1) is 14.1 Å².